The smallest absolute Gasteiger partial charge is 0.262 e. The van der Waals surface area contributed by atoms with E-state index in [1.165, 1.54) is 12.0 Å². The van der Waals surface area contributed by atoms with E-state index in [1.807, 2.05) is 12.1 Å². The van der Waals surface area contributed by atoms with Gasteiger partial charge in [-0.1, -0.05) is 37.5 Å². The average molecular weight is 394 g/mol. The molecule has 1 aliphatic heterocycles. The van der Waals surface area contributed by atoms with Gasteiger partial charge in [-0.25, -0.2) is 0 Å². The second-order valence-corrected chi connectivity index (χ2v) is 7.77. The molecule has 0 saturated heterocycles. The van der Waals surface area contributed by atoms with Gasteiger partial charge in [0.05, 0.1) is 18.4 Å². The predicted molar refractivity (Wildman–Crippen MR) is 111 cm³/mol. The number of anilines is 1. The number of carbonyl (C=O) groups excluding carboxylic acids is 2. The van der Waals surface area contributed by atoms with Crippen molar-refractivity contribution in [2.24, 2.45) is 0 Å². The molecule has 4 rings (SSSR count). The highest BCUT2D eigenvalue weighted by atomic mass is 16.5. The van der Waals surface area contributed by atoms with Crippen molar-refractivity contribution in [2.45, 2.75) is 37.5 Å². The molecular weight excluding hydrogens is 368 g/mol. The van der Waals surface area contributed by atoms with Crippen LogP contribution in [0.2, 0.25) is 0 Å². The predicted octanol–water partition coefficient (Wildman–Crippen LogP) is 3.66. The molecule has 0 unspecified atom stereocenters. The number of benzene rings is 2. The van der Waals surface area contributed by atoms with Crippen molar-refractivity contribution in [3.8, 4) is 11.5 Å². The minimum atomic E-state index is -0.212. The van der Waals surface area contributed by atoms with Crippen molar-refractivity contribution in [3.05, 3.63) is 53.6 Å². The van der Waals surface area contributed by atoms with Crippen molar-refractivity contribution in [1.82, 2.24) is 5.32 Å². The van der Waals surface area contributed by atoms with Crippen LogP contribution < -0.4 is 20.1 Å². The molecule has 0 aromatic heterocycles. The van der Waals surface area contributed by atoms with E-state index in [9.17, 15) is 9.59 Å². The van der Waals surface area contributed by atoms with E-state index in [-0.39, 0.29) is 23.8 Å². The number of hydrogen-bond acceptors (Lipinski definition) is 4. The van der Waals surface area contributed by atoms with Gasteiger partial charge in [0.2, 0.25) is 0 Å². The minimum absolute atomic E-state index is 0.0763. The summed E-state index contributed by atoms with van der Waals surface area (Å²) in [6.45, 7) is 0.487. The molecule has 1 heterocycles. The summed E-state index contributed by atoms with van der Waals surface area (Å²) < 4.78 is 10.8. The molecule has 2 N–H and O–H groups in total. The molecule has 1 saturated carbocycles. The molecule has 1 fully saturated rings. The fourth-order valence-corrected chi connectivity index (χ4v) is 4.38. The highest BCUT2D eigenvalue weighted by Gasteiger charge is 2.35. The summed E-state index contributed by atoms with van der Waals surface area (Å²) in [6.07, 6.45) is 5.61. The lowest BCUT2D eigenvalue weighted by Gasteiger charge is -2.38. The zero-order valence-corrected chi connectivity index (χ0v) is 16.6. The van der Waals surface area contributed by atoms with Gasteiger partial charge >= 0.3 is 0 Å². The van der Waals surface area contributed by atoms with E-state index in [1.54, 1.807) is 25.3 Å². The van der Waals surface area contributed by atoms with Gasteiger partial charge in [0.15, 0.2) is 12.4 Å². The normalized spacial score (nSPS) is 17.5. The molecule has 1 aliphatic carbocycles. The van der Waals surface area contributed by atoms with E-state index in [0.29, 0.717) is 23.5 Å². The lowest BCUT2D eigenvalue weighted by Crippen LogP contribution is -2.42. The maximum absolute atomic E-state index is 13.0. The molecule has 0 atom stereocenters. The molecular formula is C23H26N2O4. The molecule has 6 nitrogen and oxygen atoms in total. The van der Waals surface area contributed by atoms with Crippen molar-refractivity contribution in [2.75, 3.05) is 25.6 Å². The Labute approximate surface area is 170 Å². The Morgan fingerprint density at radius 3 is 2.62 bits per heavy atom. The number of nitrogens with one attached hydrogen (secondary N) is 2. The van der Waals surface area contributed by atoms with Crippen molar-refractivity contribution in [3.63, 3.8) is 0 Å². The highest BCUT2D eigenvalue weighted by Crippen LogP contribution is 2.40. The van der Waals surface area contributed by atoms with Crippen LogP contribution in [0.25, 0.3) is 0 Å². The van der Waals surface area contributed by atoms with Gasteiger partial charge in [-0.15, -0.1) is 0 Å². The van der Waals surface area contributed by atoms with Crippen LogP contribution in [-0.2, 0) is 10.2 Å². The van der Waals surface area contributed by atoms with Crippen LogP contribution in [0.3, 0.4) is 0 Å². The van der Waals surface area contributed by atoms with Crippen LogP contribution in [0.1, 0.15) is 48.0 Å². The zero-order valence-electron chi connectivity index (χ0n) is 16.6. The summed E-state index contributed by atoms with van der Waals surface area (Å²) in [6, 6.07) is 13.4. The monoisotopic (exact) mass is 394 g/mol. The van der Waals surface area contributed by atoms with Gasteiger partial charge in [-0.2, -0.15) is 0 Å². The second kappa shape index (κ2) is 8.15. The van der Waals surface area contributed by atoms with Crippen LogP contribution in [0.15, 0.2) is 42.5 Å². The molecule has 152 valence electrons. The SMILES string of the molecule is COc1ccc(C2(CNC(=O)c3cccc4c3OCC(=O)N4)CCCCC2)cc1. The fraction of sp³-hybridized carbons (Fsp3) is 0.391. The topological polar surface area (TPSA) is 76.7 Å². The summed E-state index contributed by atoms with van der Waals surface area (Å²) in [4.78, 5) is 24.5. The molecule has 2 aromatic rings. The average Bonchev–Trinajstić information content (AvgIpc) is 2.77. The van der Waals surface area contributed by atoms with Crippen LogP contribution in [-0.4, -0.2) is 32.1 Å². The molecule has 0 spiro atoms. The Morgan fingerprint density at radius 2 is 1.90 bits per heavy atom. The summed E-state index contributed by atoms with van der Waals surface area (Å²) in [5, 5.41) is 5.88. The Bertz CT molecular complexity index is 902. The van der Waals surface area contributed by atoms with Crippen LogP contribution in [0.4, 0.5) is 5.69 Å². The fourth-order valence-electron chi connectivity index (χ4n) is 4.38. The third kappa shape index (κ3) is 3.92. The van der Waals surface area contributed by atoms with Crippen molar-refractivity contribution < 1.29 is 19.1 Å². The zero-order chi connectivity index (χ0) is 20.3. The van der Waals surface area contributed by atoms with Crippen molar-refractivity contribution in [1.29, 1.82) is 0 Å². The molecule has 2 aromatic carbocycles. The number of fused-ring (bicyclic) bond motifs is 1. The van der Waals surface area contributed by atoms with Crippen LogP contribution in [0.5, 0.6) is 11.5 Å². The van der Waals surface area contributed by atoms with Gasteiger partial charge in [0.25, 0.3) is 11.8 Å². The Hall–Kier alpha value is -3.02. The summed E-state index contributed by atoms with van der Waals surface area (Å²) in [5.41, 5.74) is 2.14. The Kier molecular flexibility index (Phi) is 5.43. The number of para-hydroxylation sites is 1. The molecule has 0 radical (unpaired) electrons. The Balaban J connectivity index is 1.54. The molecule has 6 heteroatoms. The summed E-state index contributed by atoms with van der Waals surface area (Å²) in [5.74, 6) is 0.873. The van der Waals surface area contributed by atoms with Gasteiger partial charge < -0.3 is 20.1 Å². The van der Waals surface area contributed by atoms with Gasteiger partial charge in [-0.3, -0.25) is 9.59 Å². The first-order valence-corrected chi connectivity index (χ1v) is 10.1. The molecule has 29 heavy (non-hydrogen) atoms. The van der Waals surface area contributed by atoms with E-state index in [4.69, 9.17) is 9.47 Å². The van der Waals surface area contributed by atoms with Crippen molar-refractivity contribution >= 4 is 17.5 Å². The summed E-state index contributed by atoms with van der Waals surface area (Å²) >= 11 is 0. The number of hydrogen-bond donors (Lipinski definition) is 2. The number of ether oxygens (including phenoxy) is 2. The van der Waals surface area contributed by atoms with Crippen LogP contribution in [0, 0.1) is 0 Å². The van der Waals surface area contributed by atoms with E-state index in [0.717, 1.165) is 31.4 Å². The van der Waals surface area contributed by atoms with E-state index < -0.39 is 0 Å². The number of amides is 2. The number of carbonyl (C=O) groups is 2. The third-order valence-corrected chi connectivity index (χ3v) is 5.98. The van der Waals surface area contributed by atoms with E-state index in [2.05, 4.69) is 22.8 Å². The first-order valence-electron chi connectivity index (χ1n) is 10.1. The maximum atomic E-state index is 13.0. The van der Waals surface area contributed by atoms with Gasteiger partial charge in [-0.05, 0) is 42.7 Å². The highest BCUT2D eigenvalue weighted by molar-refractivity contribution is 6.03. The first-order chi connectivity index (χ1) is 14.1. The second-order valence-electron chi connectivity index (χ2n) is 7.77. The maximum Gasteiger partial charge on any atom is 0.262 e. The minimum Gasteiger partial charge on any atom is -0.497 e. The Morgan fingerprint density at radius 1 is 1.14 bits per heavy atom. The molecule has 2 amide bonds. The quantitative estimate of drug-likeness (QED) is 0.811. The lowest BCUT2D eigenvalue weighted by molar-refractivity contribution is -0.118. The first kappa shape index (κ1) is 19.3. The molecule has 2 aliphatic rings. The van der Waals surface area contributed by atoms with Crippen LogP contribution >= 0.6 is 0 Å². The number of methoxy groups -OCH3 is 1. The van der Waals surface area contributed by atoms with E-state index >= 15 is 0 Å². The van der Waals surface area contributed by atoms with Gasteiger partial charge in [0.1, 0.15) is 5.75 Å². The summed E-state index contributed by atoms with van der Waals surface area (Å²) in [7, 11) is 1.66. The molecule has 0 bridgehead atoms. The van der Waals surface area contributed by atoms with Gasteiger partial charge in [0, 0.05) is 12.0 Å². The number of rotatable bonds is 5. The third-order valence-electron chi connectivity index (χ3n) is 5.98. The standard InChI is InChI=1S/C23H26N2O4/c1-28-17-10-8-16(9-11-17)23(12-3-2-4-13-23)15-24-22(27)18-6-5-7-19-21(18)29-14-20(26)25-19/h5-11H,2-4,12-15H2,1H3,(H,24,27)(H,25,26). The lowest BCUT2D eigenvalue weighted by atomic mass is 9.69. The largest absolute Gasteiger partial charge is 0.497 e.